The summed E-state index contributed by atoms with van der Waals surface area (Å²) >= 11 is 0. The van der Waals surface area contributed by atoms with Crippen LogP contribution in [0.25, 0.3) is 0 Å². The highest BCUT2D eigenvalue weighted by Crippen LogP contribution is 2.40. The van der Waals surface area contributed by atoms with E-state index in [2.05, 4.69) is 13.8 Å². The third-order valence-electron chi connectivity index (χ3n) is 3.64. The van der Waals surface area contributed by atoms with Crippen molar-refractivity contribution in [3.63, 3.8) is 0 Å². The van der Waals surface area contributed by atoms with Crippen LogP contribution in [-0.4, -0.2) is 17.6 Å². The van der Waals surface area contributed by atoms with Gasteiger partial charge < -0.3 is 17.2 Å². The third-order valence-corrected chi connectivity index (χ3v) is 3.64. The Kier molecular flexibility index (Phi) is 2.23. The molecule has 0 amide bonds. The number of rotatable bonds is 0. The first-order valence-electron chi connectivity index (χ1n) is 4.57. The van der Waals surface area contributed by atoms with E-state index in [1.54, 1.807) is 0 Å². The van der Waals surface area contributed by atoms with E-state index in [-0.39, 0.29) is 23.0 Å². The van der Waals surface area contributed by atoms with E-state index in [9.17, 15) is 0 Å². The minimum Gasteiger partial charge on any atom is -0.328 e. The van der Waals surface area contributed by atoms with E-state index in [1.165, 1.54) is 0 Å². The average Bonchev–Trinajstić information content (AvgIpc) is 1.82. The van der Waals surface area contributed by atoms with Crippen LogP contribution >= 0.6 is 0 Å². The molecule has 3 heteroatoms. The van der Waals surface area contributed by atoms with Crippen LogP contribution in [0.1, 0.15) is 33.6 Å². The Bertz CT molecular complexity index is 175. The van der Waals surface area contributed by atoms with Crippen LogP contribution in [0.15, 0.2) is 0 Å². The van der Waals surface area contributed by atoms with E-state index in [4.69, 9.17) is 17.2 Å². The summed E-state index contributed by atoms with van der Waals surface area (Å²) in [4.78, 5) is 0. The molecular weight excluding hydrogens is 150 g/mol. The van der Waals surface area contributed by atoms with Gasteiger partial charge in [0.05, 0.1) is 0 Å². The number of hydrogen-bond acceptors (Lipinski definition) is 3. The lowest BCUT2D eigenvalue weighted by atomic mass is 9.61. The molecule has 3 nitrogen and oxygen atoms in total. The van der Waals surface area contributed by atoms with Gasteiger partial charge in [-0.25, -0.2) is 0 Å². The van der Waals surface area contributed by atoms with Gasteiger partial charge in [0.25, 0.3) is 0 Å². The number of nitrogens with two attached hydrogens (primary N) is 3. The Morgan fingerprint density at radius 3 is 2.08 bits per heavy atom. The fraction of sp³-hybridized carbons (Fsp3) is 1.00. The van der Waals surface area contributed by atoms with Crippen LogP contribution in [0.4, 0.5) is 0 Å². The summed E-state index contributed by atoms with van der Waals surface area (Å²) < 4.78 is 0. The van der Waals surface area contributed by atoms with Crippen molar-refractivity contribution in [1.29, 1.82) is 0 Å². The lowest BCUT2D eigenvalue weighted by Gasteiger charge is -2.51. The molecule has 0 aromatic carbocycles. The largest absolute Gasteiger partial charge is 0.328 e. The molecule has 3 atom stereocenters. The molecule has 1 aliphatic carbocycles. The van der Waals surface area contributed by atoms with Crippen LogP contribution in [-0.2, 0) is 0 Å². The topological polar surface area (TPSA) is 78.1 Å². The number of hydrogen-bond donors (Lipinski definition) is 3. The zero-order valence-corrected chi connectivity index (χ0v) is 8.30. The maximum absolute atomic E-state index is 6.18. The second kappa shape index (κ2) is 2.69. The van der Waals surface area contributed by atoms with Crippen molar-refractivity contribution in [2.75, 3.05) is 0 Å². The van der Waals surface area contributed by atoms with E-state index in [1.807, 2.05) is 6.92 Å². The smallest absolute Gasteiger partial charge is 0.0207 e. The Morgan fingerprint density at radius 2 is 1.67 bits per heavy atom. The molecule has 12 heavy (non-hydrogen) atoms. The first kappa shape index (κ1) is 9.96. The van der Waals surface area contributed by atoms with Crippen molar-refractivity contribution in [2.45, 2.75) is 51.2 Å². The van der Waals surface area contributed by atoms with Crippen LogP contribution in [0.3, 0.4) is 0 Å². The highest BCUT2D eigenvalue weighted by Gasteiger charge is 2.47. The molecule has 1 fully saturated rings. The van der Waals surface area contributed by atoms with Gasteiger partial charge >= 0.3 is 0 Å². The predicted molar refractivity (Wildman–Crippen MR) is 51.6 cm³/mol. The van der Waals surface area contributed by atoms with Crippen LogP contribution in [0.5, 0.6) is 0 Å². The van der Waals surface area contributed by atoms with Gasteiger partial charge in [0.1, 0.15) is 0 Å². The predicted octanol–water partition coefficient (Wildman–Crippen LogP) is 0.178. The van der Waals surface area contributed by atoms with Crippen LogP contribution in [0, 0.1) is 5.41 Å². The highest BCUT2D eigenvalue weighted by atomic mass is 14.9. The molecule has 72 valence electrons. The molecule has 0 spiro atoms. The summed E-state index contributed by atoms with van der Waals surface area (Å²) in [5.74, 6) is 0. The Morgan fingerprint density at radius 1 is 1.17 bits per heavy atom. The molecule has 0 aromatic rings. The summed E-state index contributed by atoms with van der Waals surface area (Å²) in [6.45, 7) is 6.30. The Hall–Kier alpha value is -0.120. The first-order chi connectivity index (χ1) is 5.27. The van der Waals surface area contributed by atoms with Crippen molar-refractivity contribution < 1.29 is 0 Å². The molecule has 6 N–H and O–H groups in total. The van der Waals surface area contributed by atoms with Gasteiger partial charge in [-0.15, -0.1) is 0 Å². The minimum absolute atomic E-state index is 0.0110. The van der Waals surface area contributed by atoms with Gasteiger partial charge in [0.15, 0.2) is 0 Å². The second-order valence-electron chi connectivity index (χ2n) is 4.95. The van der Waals surface area contributed by atoms with Crippen molar-refractivity contribution in [3.05, 3.63) is 0 Å². The van der Waals surface area contributed by atoms with E-state index in [0.29, 0.717) is 0 Å². The molecule has 0 saturated heterocycles. The molecule has 0 aliphatic heterocycles. The van der Waals surface area contributed by atoms with Crippen molar-refractivity contribution in [3.8, 4) is 0 Å². The summed E-state index contributed by atoms with van der Waals surface area (Å²) in [7, 11) is 0. The van der Waals surface area contributed by atoms with E-state index >= 15 is 0 Å². The standard InChI is InChI=1S/C9H21N3/c1-8(2)7(11)4-6(10)5-9(8,3)12/h6-7H,4-5,10-12H2,1-3H3/t6-,7+,9-/m1/s1. The molecule has 0 unspecified atom stereocenters. The lowest BCUT2D eigenvalue weighted by molar-refractivity contribution is 0.0778. The molecule has 1 rings (SSSR count). The van der Waals surface area contributed by atoms with Crippen LogP contribution in [0.2, 0.25) is 0 Å². The highest BCUT2D eigenvalue weighted by molar-refractivity contribution is 5.06. The van der Waals surface area contributed by atoms with E-state index < -0.39 is 0 Å². The molecular formula is C9H21N3. The summed E-state index contributed by atoms with van der Waals surface area (Å²) in [5, 5.41) is 0. The van der Waals surface area contributed by atoms with Crippen molar-refractivity contribution in [2.24, 2.45) is 22.6 Å². The molecule has 1 saturated carbocycles. The zero-order valence-electron chi connectivity index (χ0n) is 8.30. The molecule has 0 bridgehead atoms. The first-order valence-corrected chi connectivity index (χ1v) is 4.57. The third kappa shape index (κ3) is 1.37. The maximum atomic E-state index is 6.18. The summed E-state index contributed by atoms with van der Waals surface area (Å²) in [6, 6.07) is 0.291. The lowest BCUT2D eigenvalue weighted by Crippen LogP contribution is -2.65. The molecule has 1 aliphatic rings. The molecule has 0 radical (unpaired) electrons. The zero-order chi connectivity index (χ0) is 9.57. The normalized spacial score (nSPS) is 47.5. The Labute approximate surface area is 74.7 Å². The Balaban J connectivity index is 2.86. The quantitative estimate of drug-likeness (QED) is 0.486. The minimum atomic E-state index is -0.232. The summed E-state index contributed by atoms with van der Waals surface area (Å²) in [5.41, 5.74) is 17.8. The van der Waals surface area contributed by atoms with E-state index in [0.717, 1.165) is 12.8 Å². The van der Waals surface area contributed by atoms with Gasteiger partial charge in [-0.1, -0.05) is 13.8 Å². The van der Waals surface area contributed by atoms with Gasteiger partial charge in [-0.2, -0.15) is 0 Å². The SMILES string of the molecule is CC1(C)[C@@H](N)C[C@@H](N)C[C@@]1(C)N. The summed E-state index contributed by atoms with van der Waals surface area (Å²) in [6.07, 6.45) is 1.76. The van der Waals surface area contributed by atoms with Gasteiger partial charge in [0.2, 0.25) is 0 Å². The van der Waals surface area contributed by atoms with Crippen LogP contribution < -0.4 is 17.2 Å². The van der Waals surface area contributed by atoms with Gasteiger partial charge in [-0.3, -0.25) is 0 Å². The van der Waals surface area contributed by atoms with Gasteiger partial charge in [0, 0.05) is 17.6 Å². The van der Waals surface area contributed by atoms with Crippen molar-refractivity contribution >= 4 is 0 Å². The molecule has 0 heterocycles. The fourth-order valence-electron chi connectivity index (χ4n) is 1.94. The monoisotopic (exact) mass is 171 g/mol. The second-order valence-corrected chi connectivity index (χ2v) is 4.95. The maximum Gasteiger partial charge on any atom is 0.0207 e. The fourth-order valence-corrected chi connectivity index (χ4v) is 1.94. The van der Waals surface area contributed by atoms with Crippen molar-refractivity contribution in [1.82, 2.24) is 0 Å². The average molecular weight is 171 g/mol. The molecule has 0 aromatic heterocycles. The van der Waals surface area contributed by atoms with Gasteiger partial charge in [-0.05, 0) is 25.2 Å².